The first-order chi connectivity index (χ1) is 8.22. The lowest BCUT2D eigenvalue weighted by Gasteiger charge is -2.38. The maximum Gasteiger partial charge on any atom is 0.317 e. The molecule has 1 saturated heterocycles. The second-order valence-electron chi connectivity index (χ2n) is 5.59. The van der Waals surface area contributed by atoms with E-state index in [2.05, 4.69) is 12.2 Å². The maximum absolute atomic E-state index is 12.2. The molecule has 98 valence electrons. The van der Waals surface area contributed by atoms with Crippen LogP contribution < -0.4 is 11.1 Å². The van der Waals surface area contributed by atoms with Crippen LogP contribution in [0.1, 0.15) is 45.4 Å². The third-order valence-corrected chi connectivity index (χ3v) is 4.37. The number of carbonyl (C=O) groups is 1. The summed E-state index contributed by atoms with van der Waals surface area (Å²) in [4.78, 5) is 14.2. The molecule has 2 amide bonds. The van der Waals surface area contributed by atoms with E-state index in [1.165, 1.54) is 12.8 Å². The number of hydrogen-bond donors (Lipinski definition) is 2. The molecule has 0 radical (unpaired) electrons. The summed E-state index contributed by atoms with van der Waals surface area (Å²) in [6, 6.07) is 0.105. The second-order valence-corrected chi connectivity index (χ2v) is 5.59. The quantitative estimate of drug-likeness (QED) is 0.734. The molecule has 2 atom stereocenters. The number of rotatable bonds is 4. The van der Waals surface area contributed by atoms with Crippen molar-refractivity contribution in [2.45, 2.75) is 51.0 Å². The van der Waals surface area contributed by atoms with Gasteiger partial charge >= 0.3 is 6.03 Å². The van der Waals surface area contributed by atoms with Gasteiger partial charge in [-0.15, -0.1) is 0 Å². The summed E-state index contributed by atoms with van der Waals surface area (Å²) in [6.45, 7) is 4.45. The van der Waals surface area contributed by atoms with Crippen LogP contribution in [0.2, 0.25) is 0 Å². The van der Waals surface area contributed by atoms with Crippen LogP contribution in [0.15, 0.2) is 0 Å². The number of nitrogens with zero attached hydrogens (tertiary/aromatic N) is 1. The summed E-state index contributed by atoms with van der Waals surface area (Å²) >= 11 is 0. The number of likely N-dealkylation sites (tertiary alicyclic amines) is 1. The van der Waals surface area contributed by atoms with Crippen LogP contribution >= 0.6 is 0 Å². The van der Waals surface area contributed by atoms with E-state index >= 15 is 0 Å². The van der Waals surface area contributed by atoms with Crippen molar-refractivity contribution in [2.75, 3.05) is 19.6 Å². The highest BCUT2D eigenvalue weighted by Gasteiger charge is 2.48. The summed E-state index contributed by atoms with van der Waals surface area (Å²) in [5.74, 6) is 0.684. The van der Waals surface area contributed by atoms with E-state index in [4.69, 9.17) is 5.73 Å². The van der Waals surface area contributed by atoms with Gasteiger partial charge in [-0.25, -0.2) is 4.79 Å². The van der Waals surface area contributed by atoms with Gasteiger partial charge in [-0.05, 0) is 31.6 Å². The Bertz CT molecular complexity index is 282. The van der Waals surface area contributed by atoms with Crippen LogP contribution in [-0.4, -0.2) is 36.1 Å². The van der Waals surface area contributed by atoms with Crippen molar-refractivity contribution in [3.8, 4) is 0 Å². The van der Waals surface area contributed by atoms with Gasteiger partial charge in [0, 0.05) is 19.6 Å². The Kier molecular flexibility index (Phi) is 3.92. The Morgan fingerprint density at radius 3 is 3.12 bits per heavy atom. The second kappa shape index (κ2) is 5.25. The van der Waals surface area contributed by atoms with Crippen molar-refractivity contribution < 1.29 is 4.79 Å². The molecule has 2 fully saturated rings. The zero-order chi connectivity index (χ0) is 12.3. The van der Waals surface area contributed by atoms with Gasteiger partial charge in [0.05, 0.1) is 5.54 Å². The molecular formula is C13H25N3O. The molecule has 1 aliphatic carbocycles. The molecule has 1 saturated carbocycles. The van der Waals surface area contributed by atoms with Gasteiger partial charge in [0.25, 0.3) is 0 Å². The predicted octanol–water partition coefficient (Wildman–Crippen LogP) is 1.70. The normalized spacial score (nSPS) is 31.6. The van der Waals surface area contributed by atoms with Crippen molar-refractivity contribution in [1.29, 1.82) is 0 Å². The highest BCUT2D eigenvalue weighted by molar-refractivity contribution is 5.75. The number of unbranched alkanes of at least 4 members (excludes halogenated alkanes) is 1. The highest BCUT2D eigenvalue weighted by Crippen LogP contribution is 2.43. The standard InChI is InChI=1S/C13H25N3O/c1-2-3-7-15-12(17)16-9-11-5-4-6-13(16,8-11)10-14/h11H,2-10,14H2,1H3,(H,15,17). The monoisotopic (exact) mass is 239 g/mol. The Labute approximate surface area is 104 Å². The maximum atomic E-state index is 12.2. The lowest BCUT2D eigenvalue weighted by molar-refractivity contribution is 0.140. The number of amides is 2. The van der Waals surface area contributed by atoms with Crippen LogP contribution in [0, 0.1) is 5.92 Å². The molecule has 1 aliphatic heterocycles. The minimum atomic E-state index is -0.0286. The number of nitrogens with one attached hydrogen (secondary N) is 1. The minimum absolute atomic E-state index is 0.0286. The molecule has 0 aromatic heterocycles. The van der Waals surface area contributed by atoms with Crippen molar-refractivity contribution in [3.05, 3.63) is 0 Å². The third-order valence-electron chi connectivity index (χ3n) is 4.37. The molecule has 4 nitrogen and oxygen atoms in total. The molecule has 2 unspecified atom stereocenters. The smallest absolute Gasteiger partial charge is 0.317 e. The average Bonchev–Trinajstić information content (AvgIpc) is 2.61. The van der Waals surface area contributed by atoms with Crippen LogP contribution in [0.25, 0.3) is 0 Å². The summed E-state index contributed by atoms with van der Waals surface area (Å²) in [7, 11) is 0. The fourth-order valence-corrected chi connectivity index (χ4v) is 3.38. The Hall–Kier alpha value is -0.770. The number of fused-ring (bicyclic) bond motifs is 2. The van der Waals surface area contributed by atoms with Gasteiger partial charge in [-0.2, -0.15) is 0 Å². The van der Waals surface area contributed by atoms with E-state index < -0.39 is 0 Å². The summed E-state index contributed by atoms with van der Waals surface area (Å²) < 4.78 is 0. The zero-order valence-electron chi connectivity index (χ0n) is 10.9. The molecule has 2 aliphatic rings. The van der Waals surface area contributed by atoms with E-state index in [1.807, 2.05) is 4.90 Å². The van der Waals surface area contributed by atoms with Crippen molar-refractivity contribution in [2.24, 2.45) is 11.7 Å². The van der Waals surface area contributed by atoms with E-state index in [0.29, 0.717) is 12.5 Å². The number of carbonyl (C=O) groups excluding carboxylic acids is 1. The molecule has 17 heavy (non-hydrogen) atoms. The summed E-state index contributed by atoms with van der Waals surface area (Å²) in [5, 5.41) is 3.03. The Morgan fingerprint density at radius 2 is 2.41 bits per heavy atom. The number of nitrogens with two attached hydrogens (primary N) is 1. The highest BCUT2D eigenvalue weighted by atomic mass is 16.2. The lowest BCUT2D eigenvalue weighted by atomic mass is 9.80. The molecular weight excluding hydrogens is 214 g/mol. The Morgan fingerprint density at radius 1 is 1.59 bits per heavy atom. The number of urea groups is 1. The van der Waals surface area contributed by atoms with E-state index in [-0.39, 0.29) is 11.6 Å². The molecule has 2 bridgehead atoms. The van der Waals surface area contributed by atoms with Crippen molar-refractivity contribution in [1.82, 2.24) is 10.2 Å². The van der Waals surface area contributed by atoms with Crippen LogP contribution in [0.3, 0.4) is 0 Å². The van der Waals surface area contributed by atoms with Crippen LogP contribution in [-0.2, 0) is 0 Å². The zero-order valence-corrected chi connectivity index (χ0v) is 10.9. The van der Waals surface area contributed by atoms with E-state index in [1.54, 1.807) is 0 Å². The Balaban J connectivity index is 1.97. The van der Waals surface area contributed by atoms with Crippen molar-refractivity contribution >= 4 is 6.03 Å². The molecule has 1 heterocycles. The first-order valence-electron chi connectivity index (χ1n) is 6.97. The number of hydrogen-bond acceptors (Lipinski definition) is 2. The fourth-order valence-electron chi connectivity index (χ4n) is 3.38. The van der Waals surface area contributed by atoms with Gasteiger partial charge in [-0.1, -0.05) is 19.8 Å². The minimum Gasteiger partial charge on any atom is -0.338 e. The van der Waals surface area contributed by atoms with Gasteiger partial charge in [0.1, 0.15) is 0 Å². The average molecular weight is 239 g/mol. The molecule has 2 rings (SSSR count). The lowest BCUT2D eigenvalue weighted by Crippen LogP contribution is -2.55. The van der Waals surface area contributed by atoms with Crippen molar-refractivity contribution in [3.63, 3.8) is 0 Å². The molecule has 0 aromatic rings. The third kappa shape index (κ3) is 2.41. The van der Waals surface area contributed by atoms with E-state index in [0.717, 1.165) is 38.8 Å². The predicted molar refractivity (Wildman–Crippen MR) is 68.8 cm³/mol. The fraction of sp³-hybridized carbons (Fsp3) is 0.923. The van der Waals surface area contributed by atoms with E-state index in [9.17, 15) is 4.79 Å². The molecule has 0 spiro atoms. The van der Waals surface area contributed by atoms with Gasteiger partial charge in [-0.3, -0.25) is 0 Å². The summed E-state index contributed by atoms with van der Waals surface area (Å²) in [6.07, 6.45) is 6.86. The van der Waals surface area contributed by atoms with Gasteiger partial charge in [0.15, 0.2) is 0 Å². The SMILES string of the molecule is CCCCNC(=O)N1CC2CCCC1(CN)C2. The van der Waals surface area contributed by atoms with Gasteiger partial charge in [0.2, 0.25) is 0 Å². The first kappa shape index (κ1) is 12.7. The summed E-state index contributed by atoms with van der Waals surface area (Å²) in [5.41, 5.74) is 5.91. The van der Waals surface area contributed by atoms with Crippen LogP contribution in [0.4, 0.5) is 4.79 Å². The molecule has 0 aromatic carbocycles. The van der Waals surface area contributed by atoms with Crippen LogP contribution in [0.5, 0.6) is 0 Å². The molecule has 4 heteroatoms. The van der Waals surface area contributed by atoms with Gasteiger partial charge < -0.3 is 16.0 Å². The largest absolute Gasteiger partial charge is 0.338 e. The molecule has 3 N–H and O–H groups in total. The topological polar surface area (TPSA) is 58.4 Å². The first-order valence-corrected chi connectivity index (χ1v) is 6.97.